The quantitative estimate of drug-likeness (QED) is 0.485. The minimum absolute atomic E-state index is 0.0380. The van der Waals surface area contributed by atoms with Crippen molar-refractivity contribution < 1.29 is 9.72 Å². The number of hydrogen-bond donors (Lipinski definition) is 0. The number of hydrogen-bond acceptors (Lipinski definition) is 5. The molecule has 8 nitrogen and oxygen atoms in total. The second-order valence-electron chi connectivity index (χ2n) is 6.86. The van der Waals surface area contributed by atoms with Crippen LogP contribution in [0.4, 0.5) is 5.69 Å². The van der Waals surface area contributed by atoms with Gasteiger partial charge in [0.05, 0.1) is 16.3 Å². The molecule has 0 bridgehead atoms. The molecule has 1 heterocycles. The van der Waals surface area contributed by atoms with Crippen LogP contribution >= 0.6 is 0 Å². The molecule has 1 aliphatic rings. The van der Waals surface area contributed by atoms with Crippen LogP contribution in [0.25, 0.3) is 5.69 Å². The van der Waals surface area contributed by atoms with Crippen LogP contribution in [0.15, 0.2) is 54.6 Å². The number of benzene rings is 2. The molecule has 1 fully saturated rings. The standard InChI is InChI=1S/C20H19N5O3/c1-14-19(21-22-24(14)17-8-5-9-18(12-17)25(27)28)20(26)23(16-10-11-16)13-15-6-3-2-4-7-15/h2-9,12,16H,10-11,13H2,1H3. The Morgan fingerprint density at radius 3 is 2.64 bits per heavy atom. The first-order chi connectivity index (χ1) is 13.5. The molecule has 1 aromatic heterocycles. The first-order valence-electron chi connectivity index (χ1n) is 9.06. The lowest BCUT2D eigenvalue weighted by Gasteiger charge is -2.21. The van der Waals surface area contributed by atoms with E-state index in [-0.39, 0.29) is 23.3 Å². The Kier molecular flexibility index (Phi) is 4.60. The summed E-state index contributed by atoms with van der Waals surface area (Å²) < 4.78 is 1.47. The van der Waals surface area contributed by atoms with Crippen molar-refractivity contribution in [3.05, 3.63) is 81.7 Å². The molecular weight excluding hydrogens is 358 g/mol. The predicted octanol–water partition coefficient (Wildman–Crippen LogP) is 3.29. The number of nitro benzene ring substituents is 1. The van der Waals surface area contributed by atoms with Gasteiger partial charge in [-0.2, -0.15) is 0 Å². The molecule has 0 saturated heterocycles. The summed E-state index contributed by atoms with van der Waals surface area (Å²) in [6, 6.07) is 16.2. The molecule has 0 unspecified atom stereocenters. The lowest BCUT2D eigenvalue weighted by molar-refractivity contribution is -0.384. The zero-order valence-electron chi connectivity index (χ0n) is 15.4. The van der Waals surface area contributed by atoms with Gasteiger partial charge in [-0.3, -0.25) is 14.9 Å². The van der Waals surface area contributed by atoms with Crippen LogP contribution in [0, 0.1) is 17.0 Å². The number of carbonyl (C=O) groups is 1. The van der Waals surface area contributed by atoms with Crippen molar-refractivity contribution >= 4 is 11.6 Å². The topological polar surface area (TPSA) is 94.2 Å². The molecule has 8 heteroatoms. The fraction of sp³-hybridized carbons (Fsp3) is 0.250. The summed E-state index contributed by atoms with van der Waals surface area (Å²) in [4.78, 5) is 25.6. The van der Waals surface area contributed by atoms with E-state index in [1.165, 1.54) is 16.8 Å². The lowest BCUT2D eigenvalue weighted by Crippen LogP contribution is -2.33. The van der Waals surface area contributed by atoms with E-state index in [1.54, 1.807) is 19.1 Å². The Labute approximate surface area is 161 Å². The number of nitro groups is 1. The third-order valence-electron chi connectivity index (χ3n) is 4.83. The molecule has 0 spiro atoms. The van der Waals surface area contributed by atoms with Gasteiger partial charge < -0.3 is 4.90 Å². The number of amides is 1. The first kappa shape index (κ1) is 17.8. The average molecular weight is 377 g/mol. The lowest BCUT2D eigenvalue weighted by atomic mass is 10.2. The van der Waals surface area contributed by atoms with Crippen molar-refractivity contribution in [1.29, 1.82) is 0 Å². The SMILES string of the molecule is Cc1c(C(=O)N(Cc2ccccc2)C2CC2)nnn1-c1cccc([N+](=O)[O-])c1. The number of aromatic nitrogens is 3. The normalized spacial score (nSPS) is 13.3. The Bertz CT molecular complexity index is 1030. The van der Waals surface area contributed by atoms with Gasteiger partial charge in [0, 0.05) is 24.7 Å². The van der Waals surface area contributed by atoms with Crippen LogP contribution in [-0.2, 0) is 6.54 Å². The fourth-order valence-corrected chi connectivity index (χ4v) is 3.18. The summed E-state index contributed by atoms with van der Waals surface area (Å²) in [6.07, 6.45) is 1.97. The highest BCUT2D eigenvalue weighted by Crippen LogP contribution is 2.30. The number of rotatable bonds is 6. The van der Waals surface area contributed by atoms with Crippen LogP contribution < -0.4 is 0 Å². The van der Waals surface area contributed by atoms with Gasteiger partial charge in [0.15, 0.2) is 5.69 Å². The van der Waals surface area contributed by atoms with Gasteiger partial charge in [0.2, 0.25) is 0 Å². The van der Waals surface area contributed by atoms with Crippen molar-refractivity contribution in [3.63, 3.8) is 0 Å². The second kappa shape index (κ2) is 7.22. The highest BCUT2D eigenvalue weighted by molar-refractivity contribution is 5.93. The van der Waals surface area contributed by atoms with Gasteiger partial charge >= 0.3 is 0 Å². The smallest absolute Gasteiger partial charge is 0.276 e. The maximum Gasteiger partial charge on any atom is 0.276 e. The van der Waals surface area contributed by atoms with E-state index in [9.17, 15) is 14.9 Å². The molecule has 0 atom stereocenters. The summed E-state index contributed by atoms with van der Waals surface area (Å²) in [5, 5.41) is 19.2. The number of nitrogens with zero attached hydrogens (tertiary/aromatic N) is 5. The molecule has 1 saturated carbocycles. The fourth-order valence-electron chi connectivity index (χ4n) is 3.18. The van der Waals surface area contributed by atoms with Crippen LogP contribution in [-0.4, -0.2) is 36.8 Å². The minimum atomic E-state index is -0.462. The van der Waals surface area contributed by atoms with Crippen molar-refractivity contribution in [3.8, 4) is 5.69 Å². The molecule has 3 aromatic rings. The van der Waals surface area contributed by atoms with Gasteiger partial charge in [0.1, 0.15) is 0 Å². The summed E-state index contributed by atoms with van der Waals surface area (Å²) in [6.45, 7) is 2.27. The van der Waals surface area contributed by atoms with Crippen LogP contribution in [0.3, 0.4) is 0 Å². The van der Waals surface area contributed by atoms with Crippen LogP contribution in [0.1, 0.15) is 34.6 Å². The third kappa shape index (κ3) is 3.48. The zero-order valence-corrected chi connectivity index (χ0v) is 15.4. The zero-order chi connectivity index (χ0) is 19.7. The largest absolute Gasteiger partial charge is 0.330 e. The Balaban J connectivity index is 1.63. The molecule has 4 rings (SSSR count). The number of non-ortho nitro benzene ring substituents is 1. The van der Waals surface area contributed by atoms with Crippen LogP contribution in [0.5, 0.6) is 0 Å². The third-order valence-corrected chi connectivity index (χ3v) is 4.83. The van der Waals surface area contributed by atoms with E-state index in [4.69, 9.17) is 0 Å². The molecule has 2 aromatic carbocycles. The van der Waals surface area contributed by atoms with Crippen molar-refractivity contribution in [2.75, 3.05) is 0 Å². The van der Waals surface area contributed by atoms with Gasteiger partial charge in [-0.25, -0.2) is 4.68 Å². The summed E-state index contributed by atoms with van der Waals surface area (Å²) in [7, 11) is 0. The van der Waals surface area contributed by atoms with E-state index in [0.29, 0.717) is 17.9 Å². The molecule has 28 heavy (non-hydrogen) atoms. The molecule has 1 amide bonds. The van der Waals surface area contributed by atoms with Crippen molar-refractivity contribution in [2.24, 2.45) is 0 Å². The molecule has 0 radical (unpaired) electrons. The highest BCUT2D eigenvalue weighted by atomic mass is 16.6. The van der Waals surface area contributed by atoms with E-state index < -0.39 is 4.92 Å². The molecule has 1 aliphatic carbocycles. The van der Waals surface area contributed by atoms with E-state index in [1.807, 2.05) is 35.2 Å². The van der Waals surface area contributed by atoms with E-state index in [2.05, 4.69) is 10.3 Å². The van der Waals surface area contributed by atoms with E-state index >= 15 is 0 Å². The van der Waals surface area contributed by atoms with Gasteiger partial charge in [0.25, 0.3) is 11.6 Å². The van der Waals surface area contributed by atoms with Gasteiger partial charge in [-0.05, 0) is 31.4 Å². The summed E-state index contributed by atoms with van der Waals surface area (Å²) in [5.74, 6) is -0.166. The predicted molar refractivity (Wildman–Crippen MR) is 102 cm³/mol. The Hall–Kier alpha value is -3.55. The summed E-state index contributed by atoms with van der Waals surface area (Å²) in [5.41, 5.74) is 2.35. The first-order valence-corrected chi connectivity index (χ1v) is 9.06. The Morgan fingerprint density at radius 2 is 1.96 bits per heavy atom. The monoisotopic (exact) mass is 377 g/mol. The van der Waals surface area contributed by atoms with Crippen LogP contribution in [0.2, 0.25) is 0 Å². The summed E-state index contributed by atoms with van der Waals surface area (Å²) >= 11 is 0. The van der Waals surface area contributed by atoms with Crippen molar-refractivity contribution in [2.45, 2.75) is 32.4 Å². The van der Waals surface area contributed by atoms with Gasteiger partial charge in [-0.1, -0.05) is 41.6 Å². The van der Waals surface area contributed by atoms with Gasteiger partial charge in [-0.15, -0.1) is 5.10 Å². The van der Waals surface area contributed by atoms with Crippen molar-refractivity contribution in [1.82, 2.24) is 19.9 Å². The molecular formula is C20H19N5O3. The molecule has 0 N–H and O–H groups in total. The molecule has 0 aliphatic heterocycles. The maximum atomic E-state index is 13.2. The highest BCUT2D eigenvalue weighted by Gasteiger charge is 2.35. The Morgan fingerprint density at radius 1 is 1.21 bits per heavy atom. The minimum Gasteiger partial charge on any atom is -0.330 e. The average Bonchev–Trinajstić information content (AvgIpc) is 3.48. The maximum absolute atomic E-state index is 13.2. The second-order valence-corrected chi connectivity index (χ2v) is 6.86. The van der Waals surface area contributed by atoms with E-state index in [0.717, 1.165) is 18.4 Å². The molecule has 142 valence electrons. The number of carbonyl (C=O) groups excluding carboxylic acids is 1.